The molecule has 1 aromatic heterocycles. The number of thioether (sulfide) groups is 2. The van der Waals surface area contributed by atoms with Crippen molar-refractivity contribution in [3.63, 3.8) is 0 Å². The van der Waals surface area contributed by atoms with Gasteiger partial charge >= 0.3 is 0 Å². The summed E-state index contributed by atoms with van der Waals surface area (Å²) in [5.41, 5.74) is 1.30. The zero-order valence-corrected chi connectivity index (χ0v) is 15.9. The van der Waals surface area contributed by atoms with Crippen molar-refractivity contribution in [1.82, 2.24) is 15.5 Å². The number of carbonyl (C=O) groups excluding carboxylic acids is 1. The summed E-state index contributed by atoms with van der Waals surface area (Å²) in [6.45, 7) is 3.96. The highest BCUT2D eigenvalue weighted by Crippen LogP contribution is 2.30. The predicted octanol–water partition coefficient (Wildman–Crippen LogP) is 3.88. The van der Waals surface area contributed by atoms with E-state index in [0.29, 0.717) is 0 Å². The van der Waals surface area contributed by atoms with Gasteiger partial charge in [-0.3, -0.25) is 4.79 Å². The Labute approximate surface area is 149 Å². The van der Waals surface area contributed by atoms with Crippen LogP contribution in [0.1, 0.15) is 25.8 Å². The van der Waals surface area contributed by atoms with Crippen LogP contribution in [0.3, 0.4) is 0 Å². The van der Waals surface area contributed by atoms with E-state index >= 15 is 0 Å². The molecule has 1 N–H and O–H groups in total. The van der Waals surface area contributed by atoms with Crippen molar-refractivity contribution in [2.45, 2.75) is 46.7 Å². The average Bonchev–Trinajstić information content (AvgIpc) is 3.01. The molecule has 0 aliphatic heterocycles. The fourth-order valence-electron chi connectivity index (χ4n) is 1.99. The van der Waals surface area contributed by atoms with Gasteiger partial charge in [-0.1, -0.05) is 65.2 Å². The van der Waals surface area contributed by atoms with Gasteiger partial charge in [0, 0.05) is 6.04 Å². The van der Waals surface area contributed by atoms with Crippen LogP contribution in [0, 0.1) is 0 Å². The normalized spacial score (nSPS) is 13.5. The van der Waals surface area contributed by atoms with E-state index in [0.717, 1.165) is 21.5 Å². The molecule has 0 aliphatic rings. The van der Waals surface area contributed by atoms with Crippen LogP contribution in [-0.4, -0.2) is 33.7 Å². The van der Waals surface area contributed by atoms with Crippen LogP contribution in [-0.2, 0) is 11.2 Å². The summed E-state index contributed by atoms with van der Waals surface area (Å²) in [4.78, 5) is 12.3. The first-order chi connectivity index (χ1) is 11.1. The molecule has 23 heavy (non-hydrogen) atoms. The van der Waals surface area contributed by atoms with Crippen molar-refractivity contribution in [3.05, 3.63) is 35.9 Å². The number of amides is 1. The molecule has 0 aliphatic carbocycles. The summed E-state index contributed by atoms with van der Waals surface area (Å²) in [6, 6.07) is 10.5. The third kappa shape index (κ3) is 6.16. The Hall–Kier alpha value is -1.05. The van der Waals surface area contributed by atoms with E-state index < -0.39 is 0 Å². The topological polar surface area (TPSA) is 54.9 Å². The van der Waals surface area contributed by atoms with Crippen LogP contribution in [0.15, 0.2) is 39.0 Å². The maximum atomic E-state index is 12.3. The van der Waals surface area contributed by atoms with Gasteiger partial charge < -0.3 is 5.32 Å². The van der Waals surface area contributed by atoms with Crippen molar-refractivity contribution in [1.29, 1.82) is 0 Å². The highest BCUT2D eigenvalue weighted by Gasteiger charge is 2.18. The van der Waals surface area contributed by atoms with Gasteiger partial charge in [-0.15, -0.1) is 10.2 Å². The first-order valence-corrected chi connectivity index (χ1v) is 10.4. The predicted molar refractivity (Wildman–Crippen MR) is 99.4 cm³/mol. The minimum Gasteiger partial charge on any atom is -0.353 e. The SMILES string of the molecule is CSc1nnc(SC(C)C(=O)NC(C)CCc2ccccc2)s1. The molecule has 0 saturated carbocycles. The van der Waals surface area contributed by atoms with E-state index in [1.165, 1.54) is 28.7 Å². The van der Waals surface area contributed by atoms with Crippen molar-refractivity contribution >= 4 is 40.8 Å². The van der Waals surface area contributed by atoms with Gasteiger partial charge in [0.25, 0.3) is 0 Å². The monoisotopic (exact) mass is 367 g/mol. The molecule has 4 nitrogen and oxygen atoms in total. The lowest BCUT2D eigenvalue weighted by molar-refractivity contribution is -0.120. The average molecular weight is 368 g/mol. The molecule has 1 heterocycles. The van der Waals surface area contributed by atoms with Crippen molar-refractivity contribution in [2.75, 3.05) is 6.26 Å². The molecular formula is C16H21N3OS3. The van der Waals surface area contributed by atoms with Crippen LogP contribution >= 0.6 is 34.9 Å². The fourth-order valence-corrected chi connectivity index (χ4v) is 4.58. The minimum absolute atomic E-state index is 0.0523. The number of nitrogens with zero attached hydrogens (tertiary/aromatic N) is 2. The van der Waals surface area contributed by atoms with E-state index in [1.807, 2.05) is 31.4 Å². The van der Waals surface area contributed by atoms with E-state index in [9.17, 15) is 4.79 Å². The molecule has 0 fully saturated rings. The quantitative estimate of drug-likeness (QED) is 0.718. The second-order valence-corrected chi connectivity index (χ2v) is 8.85. The summed E-state index contributed by atoms with van der Waals surface area (Å²) >= 11 is 4.56. The van der Waals surface area contributed by atoms with Crippen LogP contribution in [0.25, 0.3) is 0 Å². The molecule has 1 amide bonds. The number of rotatable bonds is 8. The lowest BCUT2D eigenvalue weighted by Crippen LogP contribution is -2.37. The largest absolute Gasteiger partial charge is 0.353 e. The molecule has 2 aromatic rings. The Bertz CT molecular complexity index is 618. The maximum absolute atomic E-state index is 12.3. The van der Waals surface area contributed by atoms with Gasteiger partial charge in [0.1, 0.15) is 0 Å². The number of benzene rings is 1. The van der Waals surface area contributed by atoms with Gasteiger partial charge in [0.15, 0.2) is 8.68 Å². The zero-order valence-electron chi connectivity index (χ0n) is 13.5. The van der Waals surface area contributed by atoms with Gasteiger partial charge in [-0.05, 0) is 38.5 Å². The number of hydrogen-bond acceptors (Lipinski definition) is 6. The Morgan fingerprint density at radius 2 is 1.91 bits per heavy atom. The Morgan fingerprint density at radius 3 is 2.57 bits per heavy atom. The molecule has 0 bridgehead atoms. The maximum Gasteiger partial charge on any atom is 0.233 e. The third-order valence-electron chi connectivity index (χ3n) is 3.31. The van der Waals surface area contributed by atoms with Gasteiger partial charge in [-0.2, -0.15) is 0 Å². The van der Waals surface area contributed by atoms with Crippen LogP contribution in [0.5, 0.6) is 0 Å². The second kappa shape index (κ2) is 9.30. The van der Waals surface area contributed by atoms with E-state index in [4.69, 9.17) is 0 Å². The number of hydrogen-bond donors (Lipinski definition) is 1. The number of carbonyl (C=O) groups is 1. The first-order valence-electron chi connectivity index (χ1n) is 7.47. The van der Waals surface area contributed by atoms with E-state index in [1.54, 1.807) is 11.8 Å². The van der Waals surface area contributed by atoms with Crippen molar-refractivity contribution in [3.8, 4) is 0 Å². The third-order valence-corrected chi connectivity index (χ3v) is 6.39. The number of aromatic nitrogens is 2. The summed E-state index contributed by atoms with van der Waals surface area (Å²) in [5, 5.41) is 11.1. The van der Waals surface area contributed by atoms with Crippen molar-refractivity contribution in [2.24, 2.45) is 0 Å². The standard InChI is InChI=1S/C16H21N3OS3/c1-11(9-10-13-7-5-4-6-8-13)17-14(20)12(2)22-16-19-18-15(21-3)23-16/h4-8,11-12H,9-10H2,1-3H3,(H,17,20). The van der Waals surface area contributed by atoms with Gasteiger partial charge in [-0.25, -0.2) is 0 Å². The molecule has 0 radical (unpaired) electrons. The minimum atomic E-state index is -0.170. The first kappa shape index (κ1) is 18.3. The molecule has 0 spiro atoms. The molecule has 2 rings (SSSR count). The Morgan fingerprint density at radius 1 is 1.22 bits per heavy atom. The van der Waals surface area contributed by atoms with Crippen LogP contribution in [0.4, 0.5) is 0 Å². The molecule has 124 valence electrons. The summed E-state index contributed by atoms with van der Waals surface area (Å²) in [5.74, 6) is 0.0523. The summed E-state index contributed by atoms with van der Waals surface area (Å²) in [7, 11) is 0. The molecule has 0 saturated heterocycles. The Balaban J connectivity index is 1.76. The molecule has 1 aromatic carbocycles. The van der Waals surface area contributed by atoms with E-state index in [2.05, 4.69) is 34.6 Å². The van der Waals surface area contributed by atoms with Gasteiger partial charge in [0.05, 0.1) is 5.25 Å². The molecule has 2 atom stereocenters. The molecular weight excluding hydrogens is 346 g/mol. The number of nitrogens with one attached hydrogen (secondary N) is 1. The lowest BCUT2D eigenvalue weighted by atomic mass is 10.1. The smallest absolute Gasteiger partial charge is 0.233 e. The molecule has 2 unspecified atom stereocenters. The van der Waals surface area contributed by atoms with Crippen molar-refractivity contribution < 1.29 is 4.79 Å². The lowest BCUT2D eigenvalue weighted by Gasteiger charge is -2.16. The molecule has 7 heteroatoms. The highest BCUT2D eigenvalue weighted by atomic mass is 32.2. The van der Waals surface area contributed by atoms with Crippen LogP contribution < -0.4 is 5.32 Å². The van der Waals surface area contributed by atoms with Gasteiger partial charge in [0.2, 0.25) is 5.91 Å². The van der Waals surface area contributed by atoms with E-state index in [-0.39, 0.29) is 17.2 Å². The Kier molecular flexibility index (Phi) is 7.39. The fraction of sp³-hybridized carbons (Fsp3) is 0.438. The summed E-state index contributed by atoms with van der Waals surface area (Å²) < 4.78 is 1.77. The highest BCUT2D eigenvalue weighted by molar-refractivity contribution is 8.03. The second-order valence-electron chi connectivity index (χ2n) is 5.23. The number of aryl methyl sites for hydroxylation is 1. The zero-order chi connectivity index (χ0) is 16.7. The van der Waals surface area contributed by atoms with Crippen LogP contribution in [0.2, 0.25) is 0 Å². The summed E-state index contributed by atoms with van der Waals surface area (Å²) in [6.07, 6.45) is 3.87.